The van der Waals surface area contributed by atoms with Gasteiger partial charge < -0.3 is 5.32 Å². The Kier molecular flexibility index (Phi) is 5.72. The van der Waals surface area contributed by atoms with Gasteiger partial charge in [-0.3, -0.25) is 0 Å². The molecule has 2 rings (SSSR count). The highest BCUT2D eigenvalue weighted by Crippen LogP contribution is 2.18. The Balaban J connectivity index is 1.87. The summed E-state index contributed by atoms with van der Waals surface area (Å²) in [6.45, 7) is 2.25. The molecule has 1 aliphatic heterocycles. The number of rotatable bonds is 6. The molecule has 0 saturated carbocycles. The summed E-state index contributed by atoms with van der Waals surface area (Å²) in [4.78, 5) is 0. The summed E-state index contributed by atoms with van der Waals surface area (Å²) in [7, 11) is -1.66. The van der Waals surface area contributed by atoms with Gasteiger partial charge in [-0.25, -0.2) is 17.1 Å². The van der Waals surface area contributed by atoms with E-state index in [1.165, 1.54) is 16.4 Å². The van der Waals surface area contributed by atoms with Crippen molar-refractivity contribution < 1.29 is 12.8 Å². The number of sulfonamides is 1. The van der Waals surface area contributed by atoms with Crippen LogP contribution in [0, 0.1) is 11.7 Å². The van der Waals surface area contributed by atoms with Gasteiger partial charge in [0.1, 0.15) is 5.82 Å². The fraction of sp³-hybridized carbons (Fsp3) is 0.600. The van der Waals surface area contributed by atoms with Crippen LogP contribution < -0.4 is 5.32 Å². The zero-order valence-electron chi connectivity index (χ0n) is 12.4. The van der Waals surface area contributed by atoms with Crippen molar-refractivity contribution in [1.82, 2.24) is 9.62 Å². The summed E-state index contributed by atoms with van der Waals surface area (Å²) in [6, 6.07) is 5.94. The van der Waals surface area contributed by atoms with E-state index >= 15 is 0 Å². The largest absolute Gasteiger partial charge is 0.317 e. The van der Waals surface area contributed by atoms with Gasteiger partial charge in [-0.2, -0.15) is 0 Å². The Hall–Kier alpha value is -0.980. The number of nitrogens with one attached hydrogen (secondary N) is 1. The quantitative estimate of drug-likeness (QED) is 0.873. The molecule has 118 valence electrons. The van der Waals surface area contributed by atoms with Gasteiger partial charge in [0.15, 0.2) is 0 Å². The molecule has 0 bridgehead atoms. The lowest BCUT2D eigenvalue weighted by atomic mass is 9.96. The van der Waals surface area contributed by atoms with Crippen LogP contribution in [-0.4, -0.2) is 38.6 Å². The molecule has 1 saturated heterocycles. The third kappa shape index (κ3) is 5.05. The number of hydrogen-bond acceptors (Lipinski definition) is 3. The maximum atomic E-state index is 12.8. The molecule has 1 N–H and O–H groups in total. The number of benzene rings is 1. The SMILES string of the molecule is CN(Cc1ccc(F)cc1)S(=O)(=O)CCC1CCNCC1. The van der Waals surface area contributed by atoms with Gasteiger partial charge in [0.25, 0.3) is 0 Å². The predicted octanol–water partition coefficient (Wildman–Crippen LogP) is 1.98. The number of piperidine rings is 1. The smallest absolute Gasteiger partial charge is 0.214 e. The highest BCUT2D eigenvalue weighted by molar-refractivity contribution is 7.89. The van der Waals surface area contributed by atoms with E-state index in [0.717, 1.165) is 37.9 Å². The van der Waals surface area contributed by atoms with Crippen LogP contribution in [0.25, 0.3) is 0 Å². The van der Waals surface area contributed by atoms with Crippen molar-refractivity contribution in [2.45, 2.75) is 25.8 Å². The van der Waals surface area contributed by atoms with E-state index in [1.807, 2.05) is 0 Å². The fourth-order valence-electron chi connectivity index (χ4n) is 2.59. The Morgan fingerprint density at radius 1 is 1.24 bits per heavy atom. The molecule has 6 heteroatoms. The molecule has 0 aliphatic carbocycles. The summed E-state index contributed by atoms with van der Waals surface area (Å²) in [6.07, 6.45) is 2.83. The molecule has 1 heterocycles. The van der Waals surface area contributed by atoms with Crippen molar-refractivity contribution >= 4 is 10.0 Å². The summed E-state index contributed by atoms with van der Waals surface area (Å²) < 4.78 is 38.8. The predicted molar refractivity (Wildman–Crippen MR) is 81.9 cm³/mol. The first-order valence-corrected chi connectivity index (χ1v) is 8.97. The van der Waals surface area contributed by atoms with Crippen molar-refractivity contribution in [3.05, 3.63) is 35.6 Å². The minimum absolute atomic E-state index is 0.190. The molecule has 4 nitrogen and oxygen atoms in total. The van der Waals surface area contributed by atoms with E-state index in [1.54, 1.807) is 19.2 Å². The number of halogens is 1. The third-order valence-corrected chi connectivity index (χ3v) is 5.87. The Labute approximate surface area is 126 Å². The van der Waals surface area contributed by atoms with E-state index in [-0.39, 0.29) is 18.1 Å². The lowest BCUT2D eigenvalue weighted by Gasteiger charge is -2.24. The van der Waals surface area contributed by atoms with Crippen LogP contribution in [0.5, 0.6) is 0 Å². The van der Waals surface area contributed by atoms with Crippen molar-refractivity contribution in [2.75, 3.05) is 25.9 Å². The van der Waals surface area contributed by atoms with Gasteiger partial charge in [0.05, 0.1) is 5.75 Å². The van der Waals surface area contributed by atoms with Crippen LogP contribution in [0.15, 0.2) is 24.3 Å². The van der Waals surface area contributed by atoms with Crippen LogP contribution in [0.1, 0.15) is 24.8 Å². The Morgan fingerprint density at radius 3 is 2.48 bits per heavy atom. The molecule has 1 aromatic rings. The Bertz CT molecular complexity index is 539. The molecule has 0 spiro atoms. The highest BCUT2D eigenvalue weighted by Gasteiger charge is 2.21. The normalized spacial score (nSPS) is 17.3. The minimum Gasteiger partial charge on any atom is -0.317 e. The van der Waals surface area contributed by atoms with Crippen LogP contribution in [0.2, 0.25) is 0 Å². The lowest BCUT2D eigenvalue weighted by Crippen LogP contribution is -2.32. The van der Waals surface area contributed by atoms with Crippen LogP contribution >= 0.6 is 0 Å². The molecule has 0 radical (unpaired) electrons. The van der Waals surface area contributed by atoms with Crippen molar-refractivity contribution in [3.63, 3.8) is 0 Å². The molecule has 0 aromatic heterocycles. The minimum atomic E-state index is -3.25. The monoisotopic (exact) mass is 314 g/mol. The van der Waals surface area contributed by atoms with Gasteiger partial charge in [0.2, 0.25) is 10.0 Å². The molecule has 1 aromatic carbocycles. The average Bonchev–Trinajstić information content (AvgIpc) is 2.48. The molecule has 1 aliphatic rings. The standard InChI is InChI=1S/C15H23FN2O2S/c1-18(12-14-2-4-15(16)5-3-14)21(19,20)11-8-13-6-9-17-10-7-13/h2-5,13,17H,6-12H2,1H3. The molecule has 0 unspecified atom stereocenters. The van der Waals surface area contributed by atoms with Gasteiger partial charge in [-0.05, 0) is 56.0 Å². The Morgan fingerprint density at radius 2 is 1.86 bits per heavy atom. The van der Waals surface area contributed by atoms with E-state index in [2.05, 4.69) is 5.32 Å². The second kappa shape index (κ2) is 7.33. The van der Waals surface area contributed by atoms with E-state index < -0.39 is 10.0 Å². The second-order valence-corrected chi connectivity index (χ2v) is 7.88. The van der Waals surface area contributed by atoms with Crippen molar-refractivity contribution in [1.29, 1.82) is 0 Å². The van der Waals surface area contributed by atoms with Crippen molar-refractivity contribution in [2.24, 2.45) is 5.92 Å². The van der Waals surface area contributed by atoms with Gasteiger partial charge in [-0.15, -0.1) is 0 Å². The maximum absolute atomic E-state index is 12.8. The maximum Gasteiger partial charge on any atom is 0.214 e. The van der Waals surface area contributed by atoms with E-state index in [4.69, 9.17) is 0 Å². The fourth-order valence-corrected chi connectivity index (χ4v) is 3.88. The lowest BCUT2D eigenvalue weighted by molar-refractivity contribution is 0.362. The average molecular weight is 314 g/mol. The summed E-state index contributed by atoms with van der Waals surface area (Å²) in [5, 5.41) is 3.28. The first-order valence-electron chi connectivity index (χ1n) is 7.36. The van der Waals surface area contributed by atoms with Gasteiger partial charge >= 0.3 is 0 Å². The first kappa shape index (κ1) is 16.4. The molecule has 0 atom stereocenters. The molecular formula is C15H23FN2O2S. The van der Waals surface area contributed by atoms with Crippen LogP contribution in [0.4, 0.5) is 4.39 Å². The zero-order valence-corrected chi connectivity index (χ0v) is 13.2. The van der Waals surface area contributed by atoms with E-state index in [0.29, 0.717) is 5.92 Å². The molecular weight excluding hydrogens is 291 g/mol. The summed E-state index contributed by atoms with van der Waals surface area (Å²) in [5.41, 5.74) is 0.796. The van der Waals surface area contributed by atoms with E-state index in [9.17, 15) is 12.8 Å². The number of nitrogens with zero attached hydrogens (tertiary/aromatic N) is 1. The zero-order chi connectivity index (χ0) is 15.3. The summed E-state index contributed by atoms with van der Waals surface area (Å²) in [5.74, 6) is 0.380. The van der Waals surface area contributed by atoms with Crippen molar-refractivity contribution in [3.8, 4) is 0 Å². The van der Waals surface area contributed by atoms with Crippen LogP contribution in [0.3, 0.4) is 0 Å². The van der Waals surface area contributed by atoms with Gasteiger partial charge in [0, 0.05) is 13.6 Å². The molecule has 1 fully saturated rings. The van der Waals surface area contributed by atoms with Gasteiger partial charge in [-0.1, -0.05) is 12.1 Å². The van der Waals surface area contributed by atoms with Crippen LogP contribution in [-0.2, 0) is 16.6 Å². The highest BCUT2D eigenvalue weighted by atomic mass is 32.2. The molecule has 21 heavy (non-hydrogen) atoms. The topological polar surface area (TPSA) is 49.4 Å². The third-order valence-electron chi connectivity index (χ3n) is 4.04. The summed E-state index contributed by atoms with van der Waals surface area (Å²) >= 11 is 0. The first-order chi connectivity index (χ1) is 9.97. The number of hydrogen-bond donors (Lipinski definition) is 1. The molecule has 0 amide bonds. The second-order valence-electron chi connectivity index (χ2n) is 5.68.